The number of nitrogens with one attached hydrogen (secondary N) is 2. The molecule has 138 valence electrons. The van der Waals surface area contributed by atoms with Crippen LogP contribution in [0.25, 0.3) is 0 Å². The van der Waals surface area contributed by atoms with Crippen LogP contribution in [0.3, 0.4) is 0 Å². The molecule has 2 atom stereocenters. The molecule has 1 aromatic rings. The fourth-order valence-electron chi connectivity index (χ4n) is 2.13. The molecular formula is C18H32IN3OS. The Morgan fingerprint density at radius 3 is 2.50 bits per heavy atom. The summed E-state index contributed by atoms with van der Waals surface area (Å²) in [4.78, 5) is 4.23. The van der Waals surface area contributed by atoms with E-state index in [-0.39, 0.29) is 28.7 Å². The second-order valence-corrected chi connectivity index (χ2v) is 9.18. The molecule has 0 bridgehead atoms. The zero-order valence-electron chi connectivity index (χ0n) is 15.7. The largest absolute Gasteiger partial charge is 0.356 e. The number of hydrogen-bond donors (Lipinski definition) is 2. The molecule has 1 rings (SSSR count). The van der Waals surface area contributed by atoms with Crippen molar-refractivity contribution in [3.63, 3.8) is 0 Å². The van der Waals surface area contributed by atoms with Gasteiger partial charge in [-0.15, -0.1) is 24.0 Å². The van der Waals surface area contributed by atoms with Gasteiger partial charge in [-0.05, 0) is 39.2 Å². The summed E-state index contributed by atoms with van der Waals surface area (Å²) in [6, 6.07) is 8.58. The predicted octanol–water partition coefficient (Wildman–Crippen LogP) is 3.43. The van der Waals surface area contributed by atoms with Crippen LogP contribution >= 0.6 is 24.0 Å². The van der Waals surface area contributed by atoms with Crippen LogP contribution in [0.4, 0.5) is 0 Å². The molecule has 1 aromatic carbocycles. The lowest BCUT2D eigenvalue weighted by Crippen LogP contribution is -2.41. The molecule has 0 fully saturated rings. The highest BCUT2D eigenvalue weighted by molar-refractivity contribution is 14.0. The molecule has 0 aliphatic carbocycles. The molecule has 4 nitrogen and oxygen atoms in total. The summed E-state index contributed by atoms with van der Waals surface area (Å²) in [5.41, 5.74) is 2.60. The van der Waals surface area contributed by atoms with Crippen molar-refractivity contribution in [1.82, 2.24) is 10.6 Å². The lowest BCUT2D eigenvalue weighted by molar-refractivity contribution is 0.646. The highest BCUT2D eigenvalue weighted by Gasteiger charge is 2.18. The minimum Gasteiger partial charge on any atom is -0.356 e. The smallest absolute Gasteiger partial charge is 0.191 e. The van der Waals surface area contributed by atoms with Gasteiger partial charge in [-0.1, -0.05) is 36.8 Å². The van der Waals surface area contributed by atoms with Crippen molar-refractivity contribution in [2.75, 3.05) is 25.9 Å². The topological polar surface area (TPSA) is 53.5 Å². The third-order valence-corrected chi connectivity index (χ3v) is 5.61. The summed E-state index contributed by atoms with van der Waals surface area (Å²) >= 11 is 0. The van der Waals surface area contributed by atoms with Crippen molar-refractivity contribution in [3.8, 4) is 0 Å². The standard InChI is InChI=1S/C18H31N3OS.HI/c1-14-8-7-9-16(12-14)15(2)13-21-17(19-6)20-10-11-23(22)18(3,4)5;/h7-9,12,15H,10-11,13H2,1-6H3,(H2,19,20,21);1H. The number of nitrogens with zero attached hydrogens (tertiary/aromatic N) is 1. The number of hydrogen-bond acceptors (Lipinski definition) is 2. The lowest BCUT2D eigenvalue weighted by atomic mass is 9.99. The van der Waals surface area contributed by atoms with E-state index in [2.05, 4.69) is 53.7 Å². The molecule has 0 saturated carbocycles. The minimum absolute atomic E-state index is 0. The van der Waals surface area contributed by atoms with E-state index in [1.54, 1.807) is 7.05 Å². The zero-order valence-corrected chi connectivity index (χ0v) is 18.8. The number of aliphatic imine (C=N–C) groups is 1. The van der Waals surface area contributed by atoms with Gasteiger partial charge < -0.3 is 10.6 Å². The Kier molecular flexibility index (Phi) is 10.8. The second kappa shape index (κ2) is 11.1. The van der Waals surface area contributed by atoms with Gasteiger partial charge in [0.2, 0.25) is 0 Å². The molecule has 0 amide bonds. The van der Waals surface area contributed by atoms with E-state index in [1.165, 1.54) is 11.1 Å². The minimum atomic E-state index is -0.846. The summed E-state index contributed by atoms with van der Waals surface area (Å²) in [6.07, 6.45) is 0. The fourth-order valence-corrected chi connectivity index (χ4v) is 3.03. The van der Waals surface area contributed by atoms with Crippen LogP contribution in [0.15, 0.2) is 29.3 Å². The van der Waals surface area contributed by atoms with Crippen LogP contribution < -0.4 is 10.6 Å². The maximum Gasteiger partial charge on any atom is 0.191 e. The quantitative estimate of drug-likeness (QED) is 0.385. The maximum absolute atomic E-state index is 12.0. The molecule has 2 unspecified atom stereocenters. The van der Waals surface area contributed by atoms with Gasteiger partial charge in [0.05, 0.1) is 0 Å². The number of halogens is 1. The van der Waals surface area contributed by atoms with Crippen molar-refractivity contribution < 1.29 is 4.21 Å². The monoisotopic (exact) mass is 465 g/mol. The van der Waals surface area contributed by atoms with Gasteiger partial charge in [0.15, 0.2) is 5.96 Å². The molecule has 0 heterocycles. The molecule has 0 radical (unpaired) electrons. The first-order chi connectivity index (χ1) is 10.7. The van der Waals surface area contributed by atoms with Crippen LogP contribution in [0, 0.1) is 6.92 Å². The number of aryl methyl sites for hydroxylation is 1. The Balaban J connectivity index is 0.00000529. The highest BCUT2D eigenvalue weighted by Crippen LogP contribution is 2.15. The Hall–Kier alpha value is -0.630. The van der Waals surface area contributed by atoms with E-state index in [4.69, 9.17) is 0 Å². The van der Waals surface area contributed by atoms with Crippen molar-refractivity contribution in [2.45, 2.75) is 45.3 Å². The van der Waals surface area contributed by atoms with Gasteiger partial charge in [0.1, 0.15) is 0 Å². The van der Waals surface area contributed by atoms with Crippen molar-refractivity contribution >= 4 is 40.7 Å². The van der Waals surface area contributed by atoms with E-state index in [9.17, 15) is 4.21 Å². The molecule has 0 aliphatic rings. The molecular weight excluding hydrogens is 433 g/mol. The summed E-state index contributed by atoms with van der Waals surface area (Å²) < 4.78 is 11.9. The van der Waals surface area contributed by atoms with Gasteiger partial charge in [0, 0.05) is 41.4 Å². The van der Waals surface area contributed by atoms with E-state index >= 15 is 0 Å². The van der Waals surface area contributed by atoms with Gasteiger partial charge in [-0.25, -0.2) is 0 Å². The van der Waals surface area contributed by atoms with Crippen LogP contribution in [-0.4, -0.2) is 40.8 Å². The first-order valence-electron chi connectivity index (χ1n) is 8.13. The molecule has 6 heteroatoms. The van der Waals surface area contributed by atoms with E-state index in [0.717, 1.165) is 12.5 Å². The van der Waals surface area contributed by atoms with Gasteiger partial charge in [-0.3, -0.25) is 9.20 Å². The van der Waals surface area contributed by atoms with E-state index in [1.807, 2.05) is 20.8 Å². The summed E-state index contributed by atoms with van der Waals surface area (Å²) in [7, 11) is 0.911. The van der Waals surface area contributed by atoms with E-state index < -0.39 is 10.8 Å². The Morgan fingerprint density at radius 1 is 1.29 bits per heavy atom. The molecule has 24 heavy (non-hydrogen) atoms. The summed E-state index contributed by atoms with van der Waals surface area (Å²) in [5, 5.41) is 6.58. The normalized spacial score (nSPS) is 14.5. The van der Waals surface area contributed by atoms with Crippen molar-refractivity contribution in [2.24, 2.45) is 4.99 Å². The summed E-state index contributed by atoms with van der Waals surface area (Å²) in [6.45, 7) is 11.8. The average molecular weight is 465 g/mol. The molecule has 2 N–H and O–H groups in total. The van der Waals surface area contributed by atoms with Crippen LogP contribution in [0.5, 0.6) is 0 Å². The molecule has 0 aromatic heterocycles. The second-order valence-electron chi connectivity index (χ2n) is 6.86. The van der Waals surface area contributed by atoms with Crippen LogP contribution in [0.1, 0.15) is 44.7 Å². The Labute approximate surface area is 166 Å². The van der Waals surface area contributed by atoms with Gasteiger partial charge in [0.25, 0.3) is 0 Å². The number of rotatable bonds is 6. The third-order valence-electron chi connectivity index (χ3n) is 3.67. The molecule has 0 aliphatic heterocycles. The fraction of sp³-hybridized carbons (Fsp3) is 0.611. The Bertz CT molecular complexity index is 555. The van der Waals surface area contributed by atoms with Gasteiger partial charge >= 0.3 is 0 Å². The highest BCUT2D eigenvalue weighted by atomic mass is 127. The van der Waals surface area contributed by atoms with Crippen molar-refractivity contribution in [1.29, 1.82) is 0 Å². The first-order valence-corrected chi connectivity index (χ1v) is 9.45. The average Bonchev–Trinajstić information content (AvgIpc) is 2.49. The first kappa shape index (κ1) is 23.4. The lowest BCUT2D eigenvalue weighted by Gasteiger charge is -2.19. The van der Waals surface area contributed by atoms with Crippen LogP contribution in [-0.2, 0) is 10.8 Å². The maximum atomic E-state index is 12.0. The molecule has 0 spiro atoms. The molecule has 0 saturated heterocycles. The van der Waals surface area contributed by atoms with Crippen molar-refractivity contribution in [3.05, 3.63) is 35.4 Å². The van der Waals surface area contributed by atoms with E-state index in [0.29, 0.717) is 18.2 Å². The van der Waals surface area contributed by atoms with Gasteiger partial charge in [-0.2, -0.15) is 0 Å². The number of guanidine groups is 1. The third kappa shape index (κ3) is 8.46. The summed E-state index contributed by atoms with van der Waals surface area (Å²) in [5.74, 6) is 1.78. The Morgan fingerprint density at radius 2 is 1.96 bits per heavy atom. The SMILES string of the molecule is CN=C(NCCS(=O)C(C)(C)C)NCC(C)c1cccc(C)c1.I. The number of benzene rings is 1. The predicted molar refractivity (Wildman–Crippen MR) is 117 cm³/mol. The zero-order chi connectivity index (χ0) is 17.5. The van der Waals surface area contributed by atoms with Crippen LogP contribution in [0.2, 0.25) is 0 Å².